The summed E-state index contributed by atoms with van der Waals surface area (Å²) in [6, 6.07) is 1.68. The second kappa shape index (κ2) is 2.26. The number of rotatable bonds is 1. The van der Waals surface area contributed by atoms with Crippen LogP contribution < -0.4 is 0 Å². The zero-order valence-corrected chi connectivity index (χ0v) is 4.82. The molecule has 0 saturated heterocycles. The third kappa shape index (κ3) is 1.05. The molecular formula is C6H6N2O. The Hall–Kier alpha value is -1.38. The largest absolute Gasteiger partial charge is 0.270 e. The minimum Gasteiger partial charge on any atom is -0.267 e. The summed E-state index contributed by atoms with van der Waals surface area (Å²) >= 11 is 0. The molecule has 0 atom stereocenters. The van der Waals surface area contributed by atoms with Gasteiger partial charge < -0.3 is 0 Å². The van der Waals surface area contributed by atoms with Gasteiger partial charge in [-0.1, -0.05) is 6.58 Å². The summed E-state index contributed by atoms with van der Waals surface area (Å²) in [5, 5.41) is 3.68. The van der Waals surface area contributed by atoms with E-state index in [0.29, 0.717) is 0 Å². The predicted molar refractivity (Wildman–Crippen MR) is 33.1 cm³/mol. The highest BCUT2D eigenvalue weighted by Crippen LogP contribution is 1.83. The maximum atomic E-state index is 10.7. The van der Waals surface area contributed by atoms with Crippen LogP contribution in [0.4, 0.5) is 0 Å². The van der Waals surface area contributed by atoms with Gasteiger partial charge in [-0.3, -0.25) is 4.79 Å². The molecule has 1 aromatic heterocycles. The predicted octanol–water partition coefficient (Wildman–Crippen LogP) is 0.709. The summed E-state index contributed by atoms with van der Waals surface area (Å²) in [6.07, 6.45) is 4.33. The van der Waals surface area contributed by atoms with Gasteiger partial charge in [0.1, 0.15) is 0 Å². The van der Waals surface area contributed by atoms with Gasteiger partial charge in [-0.2, -0.15) is 5.10 Å². The minimum atomic E-state index is -0.208. The summed E-state index contributed by atoms with van der Waals surface area (Å²) in [4.78, 5) is 10.7. The maximum Gasteiger partial charge on any atom is 0.270 e. The lowest BCUT2D eigenvalue weighted by molar-refractivity contribution is 0.0954. The first-order valence-corrected chi connectivity index (χ1v) is 2.51. The fourth-order valence-electron chi connectivity index (χ4n) is 0.493. The Balaban J connectivity index is 2.89. The van der Waals surface area contributed by atoms with Crippen LogP contribution >= 0.6 is 0 Å². The third-order valence-corrected chi connectivity index (χ3v) is 0.905. The Kier molecular flexibility index (Phi) is 1.44. The molecule has 0 fully saturated rings. The van der Waals surface area contributed by atoms with Gasteiger partial charge in [0.15, 0.2) is 0 Å². The summed E-state index contributed by atoms with van der Waals surface area (Å²) < 4.78 is 1.22. The molecule has 46 valence electrons. The van der Waals surface area contributed by atoms with Crippen molar-refractivity contribution in [2.24, 2.45) is 0 Å². The number of carbonyl (C=O) groups is 1. The number of hydrogen-bond donors (Lipinski definition) is 0. The van der Waals surface area contributed by atoms with E-state index >= 15 is 0 Å². The van der Waals surface area contributed by atoms with Crippen molar-refractivity contribution in [3.05, 3.63) is 31.1 Å². The molecule has 0 amide bonds. The molecule has 0 unspecified atom stereocenters. The molecule has 0 spiro atoms. The molecule has 1 aromatic rings. The molecule has 3 heteroatoms. The first kappa shape index (κ1) is 5.75. The first-order chi connectivity index (χ1) is 4.34. The lowest BCUT2D eigenvalue weighted by Gasteiger charge is -1.88. The van der Waals surface area contributed by atoms with E-state index in [1.807, 2.05) is 0 Å². The van der Waals surface area contributed by atoms with E-state index in [-0.39, 0.29) is 5.91 Å². The zero-order valence-electron chi connectivity index (χ0n) is 4.82. The Morgan fingerprint density at radius 1 is 1.78 bits per heavy atom. The monoisotopic (exact) mass is 122 g/mol. The smallest absolute Gasteiger partial charge is 0.267 e. The van der Waals surface area contributed by atoms with E-state index in [2.05, 4.69) is 11.7 Å². The van der Waals surface area contributed by atoms with Gasteiger partial charge in [-0.05, 0) is 12.1 Å². The van der Waals surface area contributed by atoms with E-state index in [0.717, 1.165) is 0 Å². The van der Waals surface area contributed by atoms with Crippen LogP contribution in [0.5, 0.6) is 0 Å². The molecule has 0 bridgehead atoms. The first-order valence-electron chi connectivity index (χ1n) is 2.51. The fraction of sp³-hybridized carbons (Fsp3) is 0. The molecule has 0 aliphatic heterocycles. The third-order valence-electron chi connectivity index (χ3n) is 0.905. The summed E-state index contributed by atoms with van der Waals surface area (Å²) in [5.74, 6) is -0.208. The number of nitrogens with zero attached hydrogens (tertiary/aromatic N) is 2. The van der Waals surface area contributed by atoms with Gasteiger partial charge in [0.05, 0.1) is 0 Å². The molecule has 0 aliphatic rings. The lowest BCUT2D eigenvalue weighted by atomic mass is 10.6. The van der Waals surface area contributed by atoms with E-state index in [4.69, 9.17) is 0 Å². The van der Waals surface area contributed by atoms with Crippen molar-refractivity contribution in [3.8, 4) is 0 Å². The second-order valence-electron chi connectivity index (χ2n) is 1.49. The fourth-order valence-corrected chi connectivity index (χ4v) is 0.493. The number of carbonyl (C=O) groups excluding carboxylic acids is 1. The summed E-state index contributed by atoms with van der Waals surface area (Å²) in [5.41, 5.74) is 0. The van der Waals surface area contributed by atoms with E-state index in [9.17, 15) is 4.79 Å². The second-order valence-corrected chi connectivity index (χ2v) is 1.49. The van der Waals surface area contributed by atoms with Gasteiger partial charge in [0.25, 0.3) is 5.91 Å². The van der Waals surface area contributed by atoms with Crippen LogP contribution in [0.2, 0.25) is 0 Å². The highest BCUT2D eigenvalue weighted by Gasteiger charge is 1.94. The van der Waals surface area contributed by atoms with Gasteiger partial charge in [0.2, 0.25) is 0 Å². The van der Waals surface area contributed by atoms with Gasteiger partial charge in [0, 0.05) is 12.4 Å². The quantitative estimate of drug-likeness (QED) is 0.514. The average Bonchev–Trinajstić information content (AvgIpc) is 2.37. The van der Waals surface area contributed by atoms with Crippen LogP contribution in [-0.2, 0) is 0 Å². The standard InChI is InChI=1S/C6H6N2O/c1-2-6(9)8-5-3-4-7-8/h2-5H,1H2. The molecule has 0 radical (unpaired) electrons. The highest BCUT2D eigenvalue weighted by molar-refractivity contribution is 5.88. The maximum absolute atomic E-state index is 10.7. The summed E-state index contributed by atoms with van der Waals surface area (Å²) in [7, 11) is 0. The lowest BCUT2D eigenvalue weighted by Crippen LogP contribution is -2.06. The Morgan fingerprint density at radius 2 is 2.56 bits per heavy atom. The highest BCUT2D eigenvalue weighted by atomic mass is 16.2. The Morgan fingerprint density at radius 3 is 3.00 bits per heavy atom. The average molecular weight is 122 g/mol. The topological polar surface area (TPSA) is 34.9 Å². The molecule has 3 nitrogen and oxygen atoms in total. The van der Waals surface area contributed by atoms with Crippen LogP contribution in [0.3, 0.4) is 0 Å². The molecule has 0 saturated carbocycles. The number of allylic oxidation sites excluding steroid dienone is 1. The molecule has 0 N–H and O–H groups in total. The summed E-state index contributed by atoms with van der Waals surface area (Å²) in [6.45, 7) is 3.31. The SMILES string of the molecule is C=CC(=O)n1cccn1. The van der Waals surface area contributed by atoms with E-state index < -0.39 is 0 Å². The minimum absolute atomic E-state index is 0.208. The van der Waals surface area contributed by atoms with Crippen LogP contribution in [-0.4, -0.2) is 15.7 Å². The van der Waals surface area contributed by atoms with Crippen LogP contribution in [0.1, 0.15) is 4.79 Å². The van der Waals surface area contributed by atoms with Crippen molar-refractivity contribution in [2.75, 3.05) is 0 Å². The molecular weight excluding hydrogens is 116 g/mol. The number of hydrogen-bond acceptors (Lipinski definition) is 2. The zero-order chi connectivity index (χ0) is 6.69. The van der Waals surface area contributed by atoms with Gasteiger partial charge >= 0.3 is 0 Å². The van der Waals surface area contributed by atoms with Crippen molar-refractivity contribution in [1.29, 1.82) is 0 Å². The Bertz CT molecular complexity index is 213. The van der Waals surface area contributed by atoms with Crippen molar-refractivity contribution in [3.63, 3.8) is 0 Å². The molecule has 1 heterocycles. The van der Waals surface area contributed by atoms with Crippen LogP contribution in [0.15, 0.2) is 31.1 Å². The van der Waals surface area contributed by atoms with Crippen molar-refractivity contribution < 1.29 is 4.79 Å². The van der Waals surface area contributed by atoms with E-state index in [1.54, 1.807) is 18.5 Å². The van der Waals surface area contributed by atoms with Gasteiger partial charge in [-0.25, -0.2) is 4.68 Å². The molecule has 1 rings (SSSR count). The van der Waals surface area contributed by atoms with Crippen molar-refractivity contribution in [1.82, 2.24) is 9.78 Å². The molecule has 0 aliphatic carbocycles. The normalized spacial score (nSPS) is 8.89. The van der Waals surface area contributed by atoms with E-state index in [1.165, 1.54) is 10.8 Å². The van der Waals surface area contributed by atoms with Crippen molar-refractivity contribution >= 4 is 5.91 Å². The molecule has 9 heavy (non-hydrogen) atoms. The Labute approximate surface area is 52.6 Å². The van der Waals surface area contributed by atoms with Crippen molar-refractivity contribution in [2.45, 2.75) is 0 Å². The number of aromatic nitrogens is 2. The van der Waals surface area contributed by atoms with Crippen LogP contribution in [0, 0.1) is 0 Å². The van der Waals surface area contributed by atoms with Gasteiger partial charge in [-0.15, -0.1) is 0 Å². The molecule has 0 aromatic carbocycles. The van der Waals surface area contributed by atoms with Crippen LogP contribution in [0.25, 0.3) is 0 Å².